The molecule has 1 atom stereocenters. The van der Waals surface area contributed by atoms with Crippen molar-refractivity contribution >= 4 is 11.9 Å². The van der Waals surface area contributed by atoms with E-state index in [1.165, 1.54) is 0 Å². The van der Waals surface area contributed by atoms with E-state index in [0.717, 1.165) is 5.56 Å². The predicted molar refractivity (Wildman–Crippen MR) is 59.1 cm³/mol. The molecule has 17 heavy (non-hydrogen) atoms. The van der Waals surface area contributed by atoms with Gasteiger partial charge >= 0.3 is 11.9 Å². The van der Waals surface area contributed by atoms with Gasteiger partial charge in [0.25, 0.3) is 0 Å². The summed E-state index contributed by atoms with van der Waals surface area (Å²) in [7, 11) is 0. The largest absolute Gasteiger partial charge is 0.481 e. The maximum absolute atomic E-state index is 11.3. The zero-order valence-corrected chi connectivity index (χ0v) is 9.20. The van der Waals surface area contributed by atoms with Gasteiger partial charge in [0, 0.05) is 0 Å². The van der Waals surface area contributed by atoms with Crippen molar-refractivity contribution < 1.29 is 24.5 Å². The van der Waals surface area contributed by atoms with E-state index in [2.05, 4.69) is 0 Å². The molecule has 0 fully saturated rings. The molecule has 1 aromatic rings. The summed E-state index contributed by atoms with van der Waals surface area (Å²) in [6.45, 7) is -0.465. The lowest BCUT2D eigenvalue weighted by molar-refractivity contribution is -0.153. The van der Waals surface area contributed by atoms with Crippen LogP contribution in [0.5, 0.6) is 0 Å². The highest BCUT2D eigenvalue weighted by atomic mass is 16.5. The normalized spacial score (nSPS) is 11.8. The highest BCUT2D eigenvalue weighted by Gasteiger charge is 2.21. The summed E-state index contributed by atoms with van der Waals surface area (Å²) in [5.41, 5.74) is 0.830. The van der Waals surface area contributed by atoms with Crippen molar-refractivity contribution in [3.05, 3.63) is 35.9 Å². The molecule has 0 aliphatic heterocycles. The van der Waals surface area contributed by atoms with Crippen LogP contribution in [-0.2, 0) is 20.9 Å². The van der Waals surface area contributed by atoms with Crippen LogP contribution in [0, 0.1) is 5.92 Å². The number of carbonyl (C=O) groups is 2. The molecule has 1 rings (SSSR count). The third-order valence-electron chi connectivity index (χ3n) is 2.23. The minimum atomic E-state index is -1.20. The topological polar surface area (TPSA) is 83.8 Å². The van der Waals surface area contributed by atoms with Crippen LogP contribution in [-0.4, -0.2) is 28.8 Å². The number of aliphatic carboxylic acids is 1. The molecule has 0 bridgehead atoms. The second-order valence-electron chi connectivity index (χ2n) is 3.57. The SMILES string of the molecule is O=C(C[C@@H](CO)C(=O)O)OCc1ccccc1. The van der Waals surface area contributed by atoms with Crippen molar-refractivity contribution in [1.29, 1.82) is 0 Å². The van der Waals surface area contributed by atoms with Crippen LogP contribution in [0.1, 0.15) is 12.0 Å². The molecule has 0 heterocycles. The Labute approximate surface area is 98.6 Å². The lowest BCUT2D eigenvalue weighted by Gasteiger charge is -2.09. The Balaban J connectivity index is 2.37. The van der Waals surface area contributed by atoms with Gasteiger partial charge in [0.05, 0.1) is 18.9 Å². The lowest BCUT2D eigenvalue weighted by atomic mass is 10.1. The summed E-state index contributed by atoms with van der Waals surface area (Å²) in [5, 5.41) is 17.4. The highest BCUT2D eigenvalue weighted by molar-refractivity contribution is 5.78. The quantitative estimate of drug-likeness (QED) is 0.716. The summed E-state index contributed by atoms with van der Waals surface area (Å²) in [6.07, 6.45) is -0.321. The standard InChI is InChI=1S/C12H14O5/c13-7-10(12(15)16)6-11(14)17-8-9-4-2-1-3-5-9/h1-5,10,13H,6-8H2,(H,15,16)/t10-/m0/s1. The van der Waals surface area contributed by atoms with Gasteiger partial charge in [-0.15, -0.1) is 0 Å². The van der Waals surface area contributed by atoms with Gasteiger partial charge < -0.3 is 14.9 Å². The monoisotopic (exact) mass is 238 g/mol. The van der Waals surface area contributed by atoms with Crippen LogP contribution in [0.25, 0.3) is 0 Å². The number of rotatable bonds is 6. The van der Waals surface area contributed by atoms with Gasteiger partial charge in [-0.3, -0.25) is 9.59 Å². The van der Waals surface area contributed by atoms with Crippen LogP contribution in [0.2, 0.25) is 0 Å². The van der Waals surface area contributed by atoms with Crippen LogP contribution in [0.3, 0.4) is 0 Å². The number of benzene rings is 1. The Kier molecular flexibility index (Phi) is 5.16. The Morgan fingerprint density at radius 1 is 1.24 bits per heavy atom. The maximum atomic E-state index is 11.3. The molecule has 0 amide bonds. The Morgan fingerprint density at radius 3 is 2.41 bits per heavy atom. The van der Waals surface area contributed by atoms with E-state index >= 15 is 0 Å². The molecule has 1 aromatic carbocycles. The number of hydrogen-bond donors (Lipinski definition) is 2. The molecule has 0 radical (unpaired) electrons. The van der Waals surface area contributed by atoms with Gasteiger partial charge in [-0.25, -0.2) is 0 Å². The zero-order valence-electron chi connectivity index (χ0n) is 9.20. The first-order chi connectivity index (χ1) is 8.13. The first kappa shape index (κ1) is 13.2. The van der Waals surface area contributed by atoms with Gasteiger partial charge in [0.2, 0.25) is 0 Å². The molecule has 0 spiro atoms. The van der Waals surface area contributed by atoms with E-state index in [9.17, 15) is 9.59 Å². The Bertz CT molecular complexity index is 374. The molecule has 0 saturated carbocycles. The molecule has 0 unspecified atom stereocenters. The van der Waals surface area contributed by atoms with Gasteiger partial charge in [0.1, 0.15) is 6.61 Å². The van der Waals surface area contributed by atoms with Crippen LogP contribution < -0.4 is 0 Å². The predicted octanol–water partition coefficient (Wildman–Crippen LogP) is 0.813. The summed E-state index contributed by atoms with van der Waals surface area (Å²) in [6, 6.07) is 9.08. The second kappa shape index (κ2) is 6.65. The third-order valence-corrected chi connectivity index (χ3v) is 2.23. The minimum absolute atomic E-state index is 0.109. The van der Waals surface area contributed by atoms with Crippen molar-refractivity contribution in [2.45, 2.75) is 13.0 Å². The number of carboxylic acids is 1. The molecule has 2 N–H and O–H groups in total. The van der Waals surface area contributed by atoms with Gasteiger partial charge in [-0.05, 0) is 5.56 Å². The Morgan fingerprint density at radius 2 is 1.88 bits per heavy atom. The molecular formula is C12H14O5. The third kappa shape index (κ3) is 4.65. The van der Waals surface area contributed by atoms with E-state index < -0.39 is 24.5 Å². The molecule has 0 aliphatic rings. The molecule has 5 heteroatoms. The van der Waals surface area contributed by atoms with Crippen molar-refractivity contribution in [2.24, 2.45) is 5.92 Å². The fourth-order valence-corrected chi connectivity index (χ4v) is 1.23. The average Bonchev–Trinajstić information content (AvgIpc) is 2.34. The number of aliphatic hydroxyl groups is 1. The molecule has 92 valence electrons. The summed E-state index contributed by atoms with van der Waals surface area (Å²) in [5.74, 6) is -2.93. The molecule has 5 nitrogen and oxygen atoms in total. The van der Waals surface area contributed by atoms with Crippen molar-refractivity contribution in [2.75, 3.05) is 6.61 Å². The van der Waals surface area contributed by atoms with E-state index in [1.54, 1.807) is 12.1 Å². The fraction of sp³-hybridized carbons (Fsp3) is 0.333. The lowest BCUT2D eigenvalue weighted by Crippen LogP contribution is -2.22. The fourth-order valence-electron chi connectivity index (χ4n) is 1.23. The molecule has 0 aromatic heterocycles. The average molecular weight is 238 g/mol. The summed E-state index contributed by atoms with van der Waals surface area (Å²) < 4.78 is 4.90. The highest BCUT2D eigenvalue weighted by Crippen LogP contribution is 2.06. The second-order valence-corrected chi connectivity index (χ2v) is 3.57. The van der Waals surface area contributed by atoms with Gasteiger partial charge in [-0.2, -0.15) is 0 Å². The van der Waals surface area contributed by atoms with Crippen molar-refractivity contribution in [3.63, 3.8) is 0 Å². The number of esters is 1. The van der Waals surface area contributed by atoms with E-state index in [4.69, 9.17) is 14.9 Å². The number of carbonyl (C=O) groups excluding carboxylic acids is 1. The minimum Gasteiger partial charge on any atom is -0.481 e. The van der Waals surface area contributed by atoms with Crippen molar-refractivity contribution in [1.82, 2.24) is 0 Å². The number of carboxylic acid groups (broad SMARTS) is 1. The first-order valence-corrected chi connectivity index (χ1v) is 5.16. The first-order valence-electron chi connectivity index (χ1n) is 5.16. The van der Waals surface area contributed by atoms with E-state index in [1.807, 2.05) is 18.2 Å². The van der Waals surface area contributed by atoms with E-state index in [-0.39, 0.29) is 13.0 Å². The van der Waals surface area contributed by atoms with Crippen LogP contribution in [0.4, 0.5) is 0 Å². The number of ether oxygens (including phenoxy) is 1. The van der Waals surface area contributed by atoms with E-state index in [0.29, 0.717) is 0 Å². The van der Waals surface area contributed by atoms with Crippen molar-refractivity contribution in [3.8, 4) is 0 Å². The van der Waals surface area contributed by atoms with Crippen LogP contribution >= 0.6 is 0 Å². The van der Waals surface area contributed by atoms with Gasteiger partial charge in [0.15, 0.2) is 0 Å². The zero-order chi connectivity index (χ0) is 12.7. The smallest absolute Gasteiger partial charge is 0.309 e. The summed E-state index contributed by atoms with van der Waals surface area (Å²) >= 11 is 0. The molecular weight excluding hydrogens is 224 g/mol. The summed E-state index contributed by atoms with van der Waals surface area (Å²) in [4.78, 5) is 21.9. The number of aliphatic hydroxyl groups excluding tert-OH is 1. The van der Waals surface area contributed by atoms with Crippen LogP contribution in [0.15, 0.2) is 30.3 Å². The van der Waals surface area contributed by atoms with Gasteiger partial charge in [-0.1, -0.05) is 30.3 Å². The molecule has 0 saturated heterocycles. The maximum Gasteiger partial charge on any atom is 0.309 e. The molecule has 0 aliphatic carbocycles. The Hall–Kier alpha value is -1.88. The number of hydrogen-bond acceptors (Lipinski definition) is 4.